The van der Waals surface area contributed by atoms with Crippen molar-refractivity contribution in [2.24, 2.45) is 0 Å². The molecule has 0 aromatic heterocycles. The summed E-state index contributed by atoms with van der Waals surface area (Å²) < 4.78 is 0. The van der Waals surface area contributed by atoms with Gasteiger partial charge in [0.25, 0.3) is 0 Å². The van der Waals surface area contributed by atoms with Gasteiger partial charge in [0.1, 0.15) is 0 Å². The van der Waals surface area contributed by atoms with E-state index < -0.39 is 12.1 Å². The van der Waals surface area contributed by atoms with Crippen molar-refractivity contribution in [3.63, 3.8) is 0 Å². The summed E-state index contributed by atoms with van der Waals surface area (Å²) in [5, 5.41) is 15.7. The Bertz CT molecular complexity index is 749. The predicted molar refractivity (Wildman–Crippen MR) is 85.4 cm³/mol. The van der Waals surface area contributed by atoms with E-state index in [-0.39, 0.29) is 6.03 Å². The third kappa shape index (κ3) is 2.80. The van der Waals surface area contributed by atoms with Crippen LogP contribution in [0.15, 0.2) is 48.5 Å². The minimum absolute atomic E-state index is 0.366. The number of urea groups is 1. The number of anilines is 1. The highest BCUT2D eigenvalue weighted by atomic mass is 16.3. The first kappa shape index (κ1) is 14.2. The fourth-order valence-corrected chi connectivity index (χ4v) is 2.74. The number of nitrogens with one attached hydrogen (secondary N) is 2. The molecule has 4 heteroatoms. The van der Waals surface area contributed by atoms with Crippen molar-refractivity contribution in [1.82, 2.24) is 5.32 Å². The van der Waals surface area contributed by atoms with Crippen molar-refractivity contribution < 1.29 is 9.90 Å². The van der Waals surface area contributed by atoms with Crippen molar-refractivity contribution in [3.05, 3.63) is 65.2 Å². The van der Waals surface area contributed by atoms with Crippen LogP contribution in [-0.4, -0.2) is 17.2 Å². The number of hydrogen-bond acceptors (Lipinski definition) is 2. The van der Waals surface area contributed by atoms with E-state index in [4.69, 9.17) is 6.42 Å². The SMILES string of the molecule is C#Cc1cccc(NC(=O)N[C@H]2c3ccccc3C[C@H]2O)c1. The monoisotopic (exact) mass is 292 g/mol. The molecule has 0 fully saturated rings. The highest BCUT2D eigenvalue weighted by Crippen LogP contribution is 2.31. The standard InChI is InChI=1S/C18H16N2O2/c1-2-12-6-5-8-14(10-12)19-18(22)20-17-15-9-4-3-7-13(15)11-16(17)21/h1,3-10,16-17,21H,11H2,(H2,19,20,22)/t16-,17+/m1/s1. The lowest BCUT2D eigenvalue weighted by atomic mass is 10.1. The Morgan fingerprint density at radius 1 is 1.23 bits per heavy atom. The van der Waals surface area contributed by atoms with E-state index in [1.54, 1.807) is 24.3 Å². The van der Waals surface area contributed by atoms with E-state index in [0.29, 0.717) is 17.7 Å². The van der Waals surface area contributed by atoms with E-state index in [1.165, 1.54) is 0 Å². The summed E-state index contributed by atoms with van der Waals surface area (Å²) in [4.78, 5) is 12.1. The molecule has 0 unspecified atom stereocenters. The molecule has 0 spiro atoms. The van der Waals surface area contributed by atoms with Crippen LogP contribution in [-0.2, 0) is 6.42 Å². The molecule has 2 amide bonds. The Morgan fingerprint density at radius 3 is 2.86 bits per heavy atom. The number of amides is 2. The van der Waals surface area contributed by atoms with Crippen molar-refractivity contribution in [1.29, 1.82) is 0 Å². The summed E-state index contributed by atoms with van der Waals surface area (Å²) in [5.41, 5.74) is 3.34. The molecule has 3 rings (SSSR count). The fraction of sp³-hybridized carbons (Fsp3) is 0.167. The maximum atomic E-state index is 12.1. The highest BCUT2D eigenvalue weighted by Gasteiger charge is 2.31. The number of carbonyl (C=O) groups excluding carboxylic acids is 1. The lowest BCUT2D eigenvalue weighted by Crippen LogP contribution is -2.36. The molecule has 0 heterocycles. The molecule has 2 aromatic rings. The van der Waals surface area contributed by atoms with E-state index in [2.05, 4.69) is 16.6 Å². The van der Waals surface area contributed by atoms with Crippen LogP contribution in [0.25, 0.3) is 0 Å². The molecular weight excluding hydrogens is 276 g/mol. The van der Waals surface area contributed by atoms with Gasteiger partial charge >= 0.3 is 6.03 Å². The summed E-state index contributed by atoms with van der Waals surface area (Å²) >= 11 is 0. The minimum Gasteiger partial charge on any atom is -0.390 e. The van der Waals surface area contributed by atoms with E-state index in [1.807, 2.05) is 24.3 Å². The van der Waals surface area contributed by atoms with Crippen LogP contribution in [0.4, 0.5) is 10.5 Å². The maximum absolute atomic E-state index is 12.1. The fourth-order valence-electron chi connectivity index (χ4n) is 2.74. The minimum atomic E-state index is -0.611. The maximum Gasteiger partial charge on any atom is 0.319 e. The smallest absolute Gasteiger partial charge is 0.319 e. The molecule has 110 valence electrons. The van der Waals surface area contributed by atoms with Crippen molar-refractivity contribution >= 4 is 11.7 Å². The number of benzene rings is 2. The lowest BCUT2D eigenvalue weighted by molar-refractivity contribution is 0.144. The Kier molecular flexibility index (Phi) is 3.82. The molecule has 0 bridgehead atoms. The van der Waals surface area contributed by atoms with Gasteiger partial charge in [-0.25, -0.2) is 4.79 Å². The summed E-state index contributed by atoms with van der Waals surface area (Å²) in [6.45, 7) is 0. The Labute approximate surface area is 129 Å². The molecule has 4 nitrogen and oxygen atoms in total. The summed E-state index contributed by atoms with van der Waals surface area (Å²) in [6.07, 6.45) is 5.28. The summed E-state index contributed by atoms with van der Waals surface area (Å²) in [7, 11) is 0. The number of fused-ring (bicyclic) bond motifs is 1. The molecule has 1 aliphatic carbocycles. The van der Waals surface area contributed by atoms with Gasteiger partial charge in [0.05, 0.1) is 12.1 Å². The Morgan fingerprint density at radius 2 is 2.05 bits per heavy atom. The van der Waals surface area contributed by atoms with Gasteiger partial charge in [-0.15, -0.1) is 6.42 Å². The molecular formula is C18H16N2O2. The summed E-state index contributed by atoms with van der Waals surface area (Å²) in [5.74, 6) is 2.52. The first-order valence-electron chi connectivity index (χ1n) is 7.07. The molecule has 2 aromatic carbocycles. The quantitative estimate of drug-likeness (QED) is 0.745. The van der Waals surface area contributed by atoms with Gasteiger partial charge in [0, 0.05) is 17.7 Å². The van der Waals surface area contributed by atoms with Gasteiger partial charge in [-0.3, -0.25) is 0 Å². The van der Waals surface area contributed by atoms with Crippen LogP contribution in [0.3, 0.4) is 0 Å². The summed E-state index contributed by atoms with van der Waals surface area (Å²) in [6, 6.07) is 14.0. The Hall–Kier alpha value is -2.77. The molecule has 1 aliphatic rings. The molecule has 3 N–H and O–H groups in total. The van der Waals surface area contributed by atoms with Gasteiger partial charge < -0.3 is 15.7 Å². The predicted octanol–water partition coefficient (Wildman–Crippen LogP) is 2.45. The zero-order valence-electron chi connectivity index (χ0n) is 11.9. The number of aliphatic hydroxyl groups excluding tert-OH is 1. The number of rotatable bonds is 2. The average molecular weight is 292 g/mol. The van der Waals surface area contributed by atoms with Crippen molar-refractivity contribution in [2.75, 3.05) is 5.32 Å². The second-order valence-electron chi connectivity index (χ2n) is 5.27. The molecule has 22 heavy (non-hydrogen) atoms. The normalized spacial score (nSPS) is 19.1. The average Bonchev–Trinajstić information content (AvgIpc) is 2.83. The zero-order chi connectivity index (χ0) is 15.5. The first-order valence-corrected chi connectivity index (χ1v) is 7.07. The molecule has 0 saturated heterocycles. The molecule has 0 radical (unpaired) electrons. The molecule has 2 atom stereocenters. The van der Waals surface area contributed by atoms with Crippen molar-refractivity contribution in [3.8, 4) is 12.3 Å². The number of hydrogen-bond donors (Lipinski definition) is 3. The highest BCUT2D eigenvalue weighted by molar-refractivity contribution is 5.89. The van der Waals surface area contributed by atoms with Gasteiger partial charge in [-0.2, -0.15) is 0 Å². The van der Waals surface area contributed by atoms with Gasteiger partial charge in [-0.05, 0) is 29.3 Å². The number of aliphatic hydroxyl groups is 1. The number of terminal acetylenes is 1. The second-order valence-corrected chi connectivity index (χ2v) is 5.27. The van der Waals surface area contributed by atoms with E-state index in [0.717, 1.165) is 11.1 Å². The second kappa shape index (κ2) is 5.92. The third-order valence-corrected chi connectivity index (χ3v) is 3.78. The van der Waals surface area contributed by atoms with Crippen LogP contribution in [0.5, 0.6) is 0 Å². The van der Waals surface area contributed by atoms with Crippen LogP contribution in [0.2, 0.25) is 0 Å². The van der Waals surface area contributed by atoms with E-state index in [9.17, 15) is 9.90 Å². The van der Waals surface area contributed by atoms with Crippen LogP contribution in [0.1, 0.15) is 22.7 Å². The largest absolute Gasteiger partial charge is 0.390 e. The van der Waals surface area contributed by atoms with Gasteiger partial charge in [0.15, 0.2) is 0 Å². The molecule has 0 saturated carbocycles. The Balaban J connectivity index is 1.71. The lowest BCUT2D eigenvalue weighted by Gasteiger charge is -2.18. The van der Waals surface area contributed by atoms with Crippen LogP contribution >= 0.6 is 0 Å². The van der Waals surface area contributed by atoms with Gasteiger partial charge in [0.2, 0.25) is 0 Å². The number of carbonyl (C=O) groups is 1. The van der Waals surface area contributed by atoms with E-state index >= 15 is 0 Å². The molecule has 0 aliphatic heterocycles. The first-order chi connectivity index (χ1) is 10.7. The van der Waals surface area contributed by atoms with Crippen LogP contribution < -0.4 is 10.6 Å². The third-order valence-electron chi connectivity index (χ3n) is 3.78. The topological polar surface area (TPSA) is 61.4 Å². The van der Waals surface area contributed by atoms with Crippen molar-refractivity contribution in [2.45, 2.75) is 18.6 Å². The van der Waals surface area contributed by atoms with Crippen LogP contribution in [0, 0.1) is 12.3 Å². The van der Waals surface area contributed by atoms with Gasteiger partial charge in [-0.1, -0.05) is 36.3 Å². The zero-order valence-corrected chi connectivity index (χ0v) is 11.9.